The zero-order chi connectivity index (χ0) is 17.3. The van der Waals surface area contributed by atoms with Crippen LogP contribution >= 0.6 is 23.5 Å². The van der Waals surface area contributed by atoms with Crippen molar-refractivity contribution in [2.24, 2.45) is 0 Å². The van der Waals surface area contributed by atoms with E-state index in [-0.39, 0.29) is 23.0 Å². The minimum Gasteiger partial charge on any atom is -0.310 e. The van der Waals surface area contributed by atoms with Crippen LogP contribution in [0.2, 0.25) is 0 Å². The number of aromatic nitrogens is 2. The Morgan fingerprint density at radius 1 is 1.33 bits per heavy atom. The molecule has 4 nitrogen and oxygen atoms in total. The summed E-state index contributed by atoms with van der Waals surface area (Å²) in [5.41, 5.74) is 2.01. The Morgan fingerprint density at radius 2 is 2.04 bits per heavy atom. The SMILES string of the molecule is CC(C)(C)n1nc2c(c1NC(=O)CSc1ccc(F)cc1)CSC2. The number of nitrogens with zero attached hydrogens (tertiary/aromatic N) is 2. The molecular formula is C17H20FN3OS2. The Bertz CT molecular complexity index is 750. The molecule has 1 N–H and O–H groups in total. The van der Waals surface area contributed by atoms with E-state index in [9.17, 15) is 9.18 Å². The lowest BCUT2D eigenvalue weighted by atomic mass is 10.1. The first-order chi connectivity index (χ1) is 11.3. The topological polar surface area (TPSA) is 46.9 Å². The maximum atomic E-state index is 12.9. The van der Waals surface area contributed by atoms with Crippen LogP contribution in [-0.4, -0.2) is 21.4 Å². The molecule has 3 rings (SSSR count). The van der Waals surface area contributed by atoms with Crippen molar-refractivity contribution in [2.45, 2.75) is 42.7 Å². The number of rotatable bonds is 4. The second-order valence-corrected chi connectivity index (χ2v) is 8.67. The number of thioether (sulfide) groups is 2. The van der Waals surface area contributed by atoms with Gasteiger partial charge in [-0.15, -0.1) is 11.8 Å². The van der Waals surface area contributed by atoms with Gasteiger partial charge in [-0.25, -0.2) is 9.07 Å². The Morgan fingerprint density at radius 3 is 2.71 bits per heavy atom. The average Bonchev–Trinajstić information content (AvgIpc) is 3.09. The molecule has 0 spiro atoms. The fourth-order valence-electron chi connectivity index (χ4n) is 2.47. The van der Waals surface area contributed by atoms with Gasteiger partial charge in [-0.3, -0.25) is 4.79 Å². The fraction of sp³-hybridized carbons (Fsp3) is 0.412. The summed E-state index contributed by atoms with van der Waals surface area (Å²) in [6.07, 6.45) is 0. The van der Waals surface area contributed by atoms with Gasteiger partial charge >= 0.3 is 0 Å². The number of nitrogens with one attached hydrogen (secondary N) is 1. The Kier molecular flexibility index (Phi) is 4.92. The van der Waals surface area contributed by atoms with E-state index in [1.54, 1.807) is 12.1 Å². The van der Waals surface area contributed by atoms with Gasteiger partial charge < -0.3 is 5.32 Å². The third-order valence-corrected chi connectivity index (χ3v) is 5.61. The normalized spacial score (nSPS) is 13.8. The van der Waals surface area contributed by atoms with Crippen molar-refractivity contribution in [1.82, 2.24) is 9.78 Å². The van der Waals surface area contributed by atoms with Crippen LogP contribution in [0.4, 0.5) is 10.2 Å². The minimum absolute atomic E-state index is 0.0746. The Labute approximate surface area is 149 Å². The quantitative estimate of drug-likeness (QED) is 0.823. The lowest BCUT2D eigenvalue weighted by molar-refractivity contribution is -0.113. The number of halogens is 1. The smallest absolute Gasteiger partial charge is 0.235 e. The van der Waals surface area contributed by atoms with E-state index in [1.807, 2.05) is 16.4 Å². The highest BCUT2D eigenvalue weighted by molar-refractivity contribution is 8.00. The molecule has 2 heterocycles. The summed E-state index contributed by atoms with van der Waals surface area (Å²) in [5.74, 6) is 2.52. The molecule has 0 radical (unpaired) electrons. The van der Waals surface area contributed by atoms with Gasteiger partial charge in [0.2, 0.25) is 5.91 Å². The summed E-state index contributed by atoms with van der Waals surface area (Å²) in [6.45, 7) is 6.22. The monoisotopic (exact) mass is 365 g/mol. The molecule has 1 aromatic carbocycles. The van der Waals surface area contributed by atoms with Gasteiger partial charge in [0, 0.05) is 22.0 Å². The molecule has 1 aliphatic rings. The molecule has 0 unspecified atom stereocenters. The summed E-state index contributed by atoms with van der Waals surface area (Å²) in [7, 11) is 0. The molecule has 128 valence electrons. The van der Waals surface area contributed by atoms with Crippen LogP contribution in [-0.2, 0) is 21.8 Å². The van der Waals surface area contributed by atoms with Crippen LogP contribution < -0.4 is 5.32 Å². The second kappa shape index (κ2) is 6.80. The molecular weight excluding hydrogens is 345 g/mol. The lowest BCUT2D eigenvalue weighted by Gasteiger charge is -2.23. The molecule has 0 saturated heterocycles. The number of amides is 1. The maximum Gasteiger partial charge on any atom is 0.235 e. The minimum atomic E-state index is -0.272. The largest absolute Gasteiger partial charge is 0.310 e. The highest BCUT2D eigenvalue weighted by atomic mass is 32.2. The van der Waals surface area contributed by atoms with Crippen LogP contribution in [0, 0.1) is 5.82 Å². The predicted molar refractivity (Wildman–Crippen MR) is 98.0 cm³/mol. The number of hydrogen-bond donors (Lipinski definition) is 1. The van der Waals surface area contributed by atoms with Gasteiger partial charge in [0.15, 0.2) is 0 Å². The summed E-state index contributed by atoms with van der Waals surface area (Å²) in [5, 5.41) is 7.71. The summed E-state index contributed by atoms with van der Waals surface area (Å²) in [4.78, 5) is 13.2. The van der Waals surface area contributed by atoms with Crippen LogP contribution in [0.15, 0.2) is 29.2 Å². The van der Waals surface area contributed by atoms with Gasteiger partial charge in [0.1, 0.15) is 11.6 Å². The van der Waals surface area contributed by atoms with Crippen molar-refractivity contribution in [3.63, 3.8) is 0 Å². The second-order valence-electron chi connectivity index (χ2n) is 6.64. The summed E-state index contributed by atoms with van der Waals surface area (Å²) in [6, 6.07) is 6.17. The highest BCUT2D eigenvalue weighted by Gasteiger charge is 2.28. The molecule has 0 fully saturated rings. The van der Waals surface area contributed by atoms with Crippen LogP contribution in [0.1, 0.15) is 32.0 Å². The van der Waals surface area contributed by atoms with E-state index < -0.39 is 0 Å². The van der Waals surface area contributed by atoms with Crippen LogP contribution in [0.25, 0.3) is 0 Å². The fourth-order valence-corrected chi connectivity index (χ4v) is 4.21. The van der Waals surface area contributed by atoms with E-state index in [0.29, 0.717) is 0 Å². The average molecular weight is 365 g/mol. The van der Waals surface area contributed by atoms with E-state index >= 15 is 0 Å². The molecule has 2 aromatic rings. The van der Waals surface area contributed by atoms with E-state index in [4.69, 9.17) is 0 Å². The Hall–Kier alpha value is -1.47. The third kappa shape index (κ3) is 3.78. The van der Waals surface area contributed by atoms with Gasteiger partial charge in [0.05, 0.1) is 17.0 Å². The third-order valence-electron chi connectivity index (χ3n) is 3.63. The standard InChI is InChI=1S/C17H20FN3OS2/c1-17(2,3)21-16(13-8-23-9-14(13)20-21)19-15(22)10-24-12-6-4-11(18)5-7-12/h4-7H,8-10H2,1-3H3,(H,19,22). The number of benzene rings is 1. The number of hydrogen-bond acceptors (Lipinski definition) is 4. The zero-order valence-corrected chi connectivity index (χ0v) is 15.6. The van der Waals surface area contributed by atoms with Crippen molar-refractivity contribution in [3.05, 3.63) is 41.3 Å². The lowest BCUT2D eigenvalue weighted by Crippen LogP contribution is -2.27. The van der Waals surface area contributed by atoms with Gasteiger partial charge in [-0.05, 0) is 45.0 Å². The molecule has 1 aliphatic heterocycles. The van der Waals surface area contributed by atoms with E-state index in [1.165, 1.54) is 23.9 Å². The highest BCUT2D eigenvalue weighted by Crippen LogP contribution is 2.37. The molecule has 0 aliphatic carbocycles. The number of fused-ring (bicyclic) bond motifs is 1. The first kappa shape index (κ1) is 17.4. The number of carbonyl (C=O) groups excluding carboxylic acids is 1. The molecule has 24 heavy (non-hydrogen) atoms. The molecule has 1 aromatic heterocycles. The van der Waals surface area contributed by atoms with Crippen molar-refractivity contribution < 1.29 is 9.18 Å². The summed E-state index contributed by atoms with van der Waals surface area (Å²) >= 11 is 3.21. The van der Waals surface area contributed by atoms with E-state index in [0.717, 1.165) is 33.5 Å². The Balaban J connectivity index is 1.71. The predicted octanol–water partition coefficient (Wildman–Crippen LogP) is 4.25. The van der Waals surface area contributed by atoms with Crippen molar-refractivity contribution in [3.8, 4) is 0 Å². The molecule has 0 saturated carbocycles. The number of carbonyl (C=O) groups is 1. The van der Waals surface area contributed by atoms with Crippen LogP contribution in [0.5, 0.6) is 0 Å². The molecule has 1 amide bonds. The van der Waals surface area contributed by atoms with Gasteiger partial charge in [0.25, 0.3) is 0 Å². The maximum absolute atomic E-state index is 12.9. The zero-order valence-electron chi connectivity index (χ0n) is 13.9. The van der Waals surface area contributed by atoms with Crippen molar-refractivity contribution >= 4 is 35.2 Å². The molecule has 0 atom stereocenters. The summed E-state index contributed by atoms with van der Waals surface area (Å²) < 4.78 is 14.8. The van der Waals surface area contributed by atoms with Crippen LogP contribution in [0.3, 0.4) is 0 Å². The van der Waals surface area contributed by atoms with E-state index in [2.05, 4.69) is 31.2 Å². The molecule has 7 heteroatoms. The van der Waals surface area contributed by atoms with Gasteiger partial charge in [-0.2, -0.15) is 16.9 Å². The number of anilines is 1. The van der Waals surface area contributed by atoms with Crippen molar-refractivity contribution in [2.75, 3.05) is 11.1 Å². The first-order valence-corrected chi connectivity index (χ1v) is 9.86. The van der Waals surface area contributed by atoms with Gasteiger partial charge in [-0.1, -0.05) is 0 Å². The van der Waals surface area contributed by atoms with Crippen molar-refractivity contribution in [1.29, 1.82) is 0 Å². The first-order valence-electron chi connectivity index (χ1n) is 7.72. The molecule has 0 bridgehead atoms.